The van der Waals surface area contributed by atoms with Gasteiger partial charge in [0.1, 0.15) is 11.3 Å². The number of nitrogens with one attached hydrogen (secondary N) is 1. The van der Waals surface area contributed by atoms with Crippen LogP contribution in [0.25, 0.3) is 11.0 Å². The van der Waals surface area contributed by atoms with Gasteiger partial charge in [-0.15, -0.1) is 0 Å². The van der Waals surface area contributed by atoms with Crippen molar-refractivity contribution in [1.29, 1.82) is 0 Å². The van der Waals surface area contributed by atoms with Gasteiger partial charge in [0.25, 0.3) is 0 Å². The number of benzene rings is 1. The zero-order valence-corrected chi connectivity index (χ0v) is 11.2. The molecule has 1 N–H and O–H groups in total. The van der Waals surface area contributed by atoms with E-state index < -0.39 is 0 Å². The fraction of sp³-hybridized carbons (Fsp3) is 0.500. The molecule has 1 aliphatic carbocycles. The lowest BCUT2D eigenvalue weighted by Crippen LogP contribution is -2.28. The molecule has 96 valence electrons. The van der Waals surface area contributed by atoms with Crippen molar-refractivity contribution in [3.05, 3.63) is 36.1 Å². The molecule has 0 amide bonds. The Morgan fingerprint density at radius 2 is 2.22 bits per heavy atom. The third-order valence-corrected chi connectivity index (χ3v) is 4.25. The van der Waals surface area contributed by atoms with Gasteiger partial charge in [-0.2, -0.15) is 0 Å². The molecule has 1 fully saturated rings. The predicted octanol–water partition coefficient (Wildman–Crippen LogP) is 3.85. The Morgan fingerprint density at radius 3 is 3.00 bits per heavy atom. The summed E-state index contributed by atoms with van der Waals surface area (Å²) in [6.07, 6.45) is 3.65. The van der Waals surface area contributed by atoms with E-state index in [1.54, 1.807) is 0 Å². The average molecular weight is 243 g/mol. The summed E-state index contributed by atoms with van der Waals surface area (Å²) in [5.74, 6) is 1.16. The van der Waals surface area contributed by atoms with E-state index in [-0.39, 0.29) is 5.41 Å². The highest BCUT2D eigenvalue weighted by Gasteiger charge is 2.38. The van der Waals surface area contributed by atoms with E-state index in [0.29, 0.717) is 6.04 Å². The molecule has 2 unspecified atom stereocenters. The third kappa shape index (κ3) is 1.95. The highest BCUT2D eigenvalue weighted by molar-refractivity contribution is 5.78. The minimum absolute atomic E-state index is 0.200. The molecular formula is C16H21NO. The van der Waals surface area contributed by atoms with Crippen LogP contribution in [-0.4, -0.2) is 12.6 Å². The van der Waals surface area contributed by atoms with Gasteiger partial charge in [-0.05, 0) is 37.9 Å². The lowest BCUT2D eigenvalue weighted by Gasteiger charge is -2.21. The SMILES string of the molecule is CCNC1CCC(C)(c2cc3ccccc3o2)C1. The van der Waals surface area contributed by atoms with Crippen LogP contribution in [-0.2, 0) is 5.41 Å². The molecule has 18 heavy (non-hydrogen) atoms. The van der Waals surface area contributed by atoms with Crippen molar-refractivity contribution in [2.24, 2.45) is 0 Å². The Bertz CT molecular complexity index is 512. The highest BCUT2D eigenvalue weighted by atomic mass is 16.3. The molecular weight excluding hydrogens is 222 g/mol. The van der Waals surface area contributed by atoms with Crippen molar-refractivity contribution in [3.8, 4) is 0 Å². The maximum atomic E-state index is 6.05. The van der Waals surface area contributed by atoms with E-state index in [9.17, 15) is 0 Å². The largest absolute Gasteiger partial charge is 0.460 e. The molecule has 2 aromatic rings. The molecule has 1 saturated carbocycles. The molecule has 0 spiro atoms. The Balaban J connectivity index is 1.89. The van der Waals surface area contributed by atoms with E-state index in [4.69, 9.17) is 4.42 Å². The maximum absolute atomic E-state index is 6.05. The monoisotopic (exact) mass is 243 g/mol. The van der Waals surface area contributed by atoms with Crippen LogP contribution >= 0.6 is 0 Å². The zero-order valence-electron chi connectivity index (χ0n) is 11.2. The molecule has 3 rings (SSSR count). The normalized spacial score (nSPS) is 28.0. The van der Waals surface area contributed by atoms with Gasteiger partial charge >= 0.3 is 0 Å². The molecule has 2 heteroatoms. The minimum atomic E-state index is 0.200. The van der Waals surface area contributed by atoms with Crippen LogP contribution in [0.2, 0.25) is 0 Å². The second-order valence-electron chi connectivity index (χ2n) is 5.71. The molecule has 1 heterocycles. The second kappa shape index (κ2) is 4.43. The molecule has 0 radical (unpaired) electrons. The second-order valence-corrected chi connectivity index (χ2v) is 5.71. The molecule has 0 aliphatic heterocycles. The van der Waals surface area contributed by atoms with Crippen molar-refractivity contribution >= 4 is 11.0 Å². The van der Waals surface area contributed by atoms with Crippen molar-refractivity contribution in [1.82, 2.24) is 5.32 Å². The lowest BCUT2D eigenvalue weighted by atomic mass is 9.85. The van der Waals surface area contributed by atoms with Crippen molar-refractivity contribution < 1.29 is 4.42 Å². The van der Waals surface area contributed by atoms with E-state index in [2.05, 4.69) is 43.4 Å². The summed E-state index contributed by atoms with van der Waals surface area (Å²) in [7, 11) is 0. The van der Waals surface area contributed by atoms with Gasteiger partial charge in [-0.25, -0.2) is 0 Å². The van der Waals surface area contributed by atoms with Gasteiger partial charge < -0.3 is 9.73 Å². The van der Waals surface area contributed by atoms with E-state index >= 15 is 0 Å². The summed E-state index contributed by atoms with van der Waals surface area (Å²) in [4.78, 5) is 0. The molecule has 0 saturated heterocycles. The Hall–Kier alpha value is -1.28. The highest BCUT2D eigenvalue weighted by Crippen LogP contribution is 2.42. The molecule has 0 bridgehead atoms. The Labute approximate surface area is 108 Å². The first-order valence-corrected chi connectivity index (χ1v) is 6.94. The maximum Gasteiger partial charge on any atom is 0.134 e. The smallest absolute Gasteiger partial charge is 0.134 e. The van der Waals surface area contributed by atoms with Crippen LogP contribution < -0.4 is 5.32 Å². The lowest BCUT2D eigenvalue weighted by molar-refractivity contribution is 0.370. The summed E-state index contributed by atoms with van der Waals surface area (Å²) < 4.78 is 6.05. The Morgan fingerprint density at radius 1 is 1.39 bits per heavy atom. The van der Waals surface area contributed by atoms with Crippen molar-refractivity contribution in [2.45, 2.75) is 44.6 Å². The third-order valence-electron chi connectivity index (χ3n) is 4.25. The number of fused-ring (bicyclic) bond motifs is 1. The summed E-state index contributed by atoms with van der Waals surface area (Å²) in [6.45, 7) is 5.57. The van der Waals surface area contributed by atoms with Crippen LogP contribution in [0.3, 0.4) is 0 Å². The van der Waals surface area contributed by atoms with Crippen LogP contribution in [0.5, 0.6) is 0 Å². The van der Waals surface area contributed by atoms with Crippen LogP contribution in [0, 0.1) is 0 Å². The van der Waals surface area contributed by atoms with Crippen molar-refractivity contribution in [2.75, 3.05) is 6.54 Å². The van der Waals surface area contributed by atoms with Gasteiger partial charge in [-0.1, -0.05) is 32.0 Å². The van der Waals surface area contributed by atoms with E-state index in [1.165, 1.54) is 24.6 Å². The van der Waals surface area contributed by atoms with Crippen LogP contribution in [0.4, 0.5) is 0 Å². The molecule has 2 nitrogen and oxygen atoms in total. The number of hydrogen-bond acceptors (Lipinski definition) is 2. The first-order chi connectivity index (χ1) is 8.71. The first kappa shape index (κ1) is 11.8. The number of para-hydroxylation sites is 1. The van der Waals surface area contributed by atoms with Crippen LogP contribution in [0.15, 0.2) is 34.7 Å². The summed E-state index contributed by atoms with van der Waals surface area (Å²) in [5.41, 5.74) is 1.21. The summed E-state index contributed by atoms with van der Waals surface area (Å²) in [6, 6.07) is 11.2. The molecule has 1 aliphatic rings. The van der Waals surface area contributed by atoms with Gasteiger partial charge in [-0.3, -0.25) is 0 Å². The van der Waals surface area contributed by atoms with Gasteiger partial charge in [0, 0.05) is 16.8 Å². The van der Waals surface area contributed by atoms with Gasteiger partial charge in [0.2, 0.25) is 0 Å². The standard InChI is InChI=1S/C16H21NO/c1-3-17-13-8-9-16(2,11-13)15-10-12-6-4-5-7-14(12)18-15/h4-7,10,13,17H,3,8-9,11H2,1-2H3. The quantitative estimate of drug-likeness (QED) is 0.885. The zero-order chi connectivity index (χ0) is 12.6. The van der Waals surface area contributed by atoms with Gasteiger partial charge in [0.15, 0.2) is 0 Å². The topological polar surface area (TPSA) is 25.2 Å². The van der Waals surface area contributed by atoms with E-state index in [1.807, 2.05) is 6.07 Å². The fourth-order valence-corrected chi connectivity index (χ4v) is 3.21. The molecule has 2 atom stereocenters. The van der Waals surface area contributed by atoms with Crippen LogP contribution in [0.1, 0.15) is 38.9 Å². The number of furan rings is 1. The summed E-state index contributed by atoms with van der Waals surface area (Å²) >= 11 is 0. The first-order valence-electron chi connectivity index (χ1n) is 6.94. The fourth-order valence-electron chi connectivity index (χ4n) is 3.21. The Kier molecular flexibility index (Phi) is 2.90. The minimum Gasteiger partial charge on any atom is -0.460 e. The van der Waals surface area contributed by atoms with Crippen molar-refractivity contribution in [3.63, 3.8) is 0 Å². The number of rotatable bonds is 3. The number of hydrogen-bond donors (Lipinski definition) is 1. The molecule has 1 aromatic carbocycles. The average Bonchev–Trinajstić information content (AvgIpc) is 2.95. The summed E-state index contributed by atoms with van der Waals surface area (Å²) in [5, 5.41) is 4.78. The van der Waals surface area contributed by atoms with E-state index in [0.717, 1.165) is 17.9 Å². The molecule has 1 aromatic heterocycles. The predicted molar refractivity (Wildman–Crippen MR) is 74.9 cm³/mol. The van der Waals surface area contributed by atoms with Gasteiger partial charge in [0.05, 0.1) is 0 Å².